The van der Waals surface area contributed by atoms with Gasteiger partial charge in [-0.05, 0) is 57.0 Å². The fraction of sp³-hybridized carbons (Fsp3) is 0.318. The van der Waals surface area contributed by atoms with Crippen molar-refractivity contribution in [3.63, 3.8) is 0 Å². The van der Waals surface area contributed by atoms with Gasteiger partial charge in [0, 0.05) is 48.5 Å². The lowest BCUT2D eigenvalue weighted by Crippen LogP contribution is -2.39. The number of nitrogens with zero attached hydrogens (tertiary/aromatic N) is 5. The van der Waals surface area contributed by atoms with Crippen LogP contribution in [0.4, 0.5) is 11.8 Å². The molecule has 1 fully saturated rings. The Bertz CT molecular complexity index is 987. The van der Waals surface area contributed by atoms with E-state index in [2.05, 4.69) is 20.3 Å². The predicted molar refractivity (Wildman–Crippen MR) is 111 cm³/mol. The molecule has 1 aliphatic rings. The fourth-order valence-corrected chi connectivity index (χ4v) is 3.72. The van der Waals surface area contributed by atoms with Gasteiger partial charge in [0.05, 0.1) is 5.56 Å². The number of carbonyl (C=O) groups excluding carboxylic acids is 1. The Morgan fingerprint density at radius 1 is 1.10 bits per heavy atom. The Morgan fingerprint density at radius 2 is 1.93 bits per heavy atom. The van der Waals surface area contributed by atoms with Crippen LogP contribution in [0.25, 0.3) is 0 Å². The van der Waals surface area contributed by atoms with Crippen molar-refractivity contribution in [1.82, 2.24) is 24.8 Å². The number of likely N-dealkylation sites (tertiary alicyclic amines) is 1. The highest BCUT2D eigenvalue weighted by Gasteiger charge is 2.26. The molecular formula is C22H24N6O. The minimum Gasteiger partial charge on any atom is -0.338 e. The molecule has 0 bridgehead atoms. The van der Waals surface area contributed by atoms with Gasteiger partial charge in [-0.2, -0.15) is 0 Å². The molecule has 1 amide bonds. The van der Waals surface area contributed by atoms with E-state index >= 15 is 0 Å². The number of hydrogen-bond donors (Lipinski definition) is 1. The third-order valence-electron chi connectivity index (χ3n) is 5.03. The summed E-state index contributed by atoms with van der Waals surface area (Å²) in [5, 5.41) is 3.20. The van der Waals surface area contributed by atoms with Crippen LogP contribution in [0.2, 0.25) is 0 Å². The summed E-state index contributed by atoms with van der Waals surface area (Å²) >= 11 is 0. The van der Waals surface area contributed by atoms with E-state index in [9.17, 15) is 4.79 Å². The molecule has 4 heterocycles. The number of aryl methyl sites for hydroxylation is 2. The quantitative estimate of drug-likeness (QED) is 0.734. The standard InChI is InChI=1S/C22H24N6O/c1-15-12-16(2)25-22(24-15)27-20-9-3-8-19(26-20)18-7-5-11-28(14-18)21(29)17-6-4-10-23-13-17/h3-4,6,8-10,12-13,18H,5,7,11,14H2,1-2H3,(H,24,25,26,27)/t18-/m1/s1. The van der Waals surface area contributed by atoms with Crippen molar-refractivity contribution in [1.29, 1.82) is 0 Å². The molecule has 0 saturated carbocycles. The number of hydrogen-bond acceptors (Lipinski definition) is 6. The number of aromatic nitrogens is 4. The SMILES string of the molecule is Cc1cc(C)nc(Nc2cccc([C@@H]3CCCN(C(=O)c4cccnc4)C3)n2)n1. The Balaban J connectivity index is 1.49. The summed E-state index contributed by atoms with van der Waals surface area (Å²) in [4.78, 5) is 32.4. The zero-order valence-corrected chi connectivity index (χ0v) is 16.7. The topological polar surface area (TPSA) is 83.9 Å². The highest BCUT2D eigenvalue weighted by atomic mass is 16.2. The van der Waals surface area contributed by atoms with E-state index in [0.29, 0.717) is 23.9 Å². The molecule has 0 aromatic carbocycles. The van der Waals surface area contributed by atoms with Crippen molar-refractivity contribution in [3.8, 4) is 0 Å². The number of carbonyl (C=O) groups is 1. The summed E-state index contributed by atoms with van der Waals surface area (Å²) < 4.78 is 0. The minimum atomic E-state index is 0.0284. The van der Waals surface area contributed by atoms with Gasteiger partial charge in [0.15, 0.2) is 0 Å². The Hall–Kier alpha value is -3.35. The summed E-state index contributed by atoms with van der Waals surface area (Å²) in [5.41, 5.74) is 3.42. The molecule has 7 heteroatoms. The summed E-state index contributed by atoms with van der Waals surface area (Å²) in [5.74, 6) is 1.49. The predicted octanol–water partition coefficient (Wildman–Crippen LogP) is 3.65. The second-order valence-corrected chi connectivity index (χ2v) is 7.38. The first-order valence-electron chi connectivity index (χ1n) is 9.84. The molecule has 1 atom stereocenters. The van der Waals surface area contributed by atoms with Gasteiger partial charge in [-0.25, -0.2) is 15.0 Å². The zero-order chi connectivity index (χ0) is 20.2. The number of nitrogens with one attached hydrogen (secondary N) is 1. The minimum absolute atomic E-state index is 0.0284. The van der Waals surface area contributed by atoms with Crippen molar-refractivity contribution in [2.75, 3.05) is 18.4 Å². The van der Waals surface area contributed by atoms with Crippen LogP contribution < -0.4 is 5.32 Å². The maximum atomic E-state index is 12.8. The number of piperidine rings is 1. The summed E-state index contributed by atoms with van der Waals surface area (Å²) in [6.07, 6.45) is 5.26. The third kappa shape index (κ3) is 4.56. The van der Waals surface area contributed by atoms with E-state index in [1.165, 1.54) is 0 Å². The van der Waals surface area contributed by atoms with E-state index in [4.69, 9.17) is 4.98 Å². The highest BCUT2D eigenvalue weighted by molar-refractivity contribution is 5.94. The normalized spacial score (nSPS) is 16.5. The van der Waals surface area contributed by atoms with Gasteiger partial charge < -0.3 is 10.2 Å². The summed E-state index contributed by atoms with van der Waals surface area (Å²) in [7, 11) is 0. The molecule has 0 unspecified atom stereocenters. The van der Waals surface area contributed by atoms with Crippen LogP contribution in [0.3, 0.4) is 0 Å². The molecule has 1 aliphatic heterocycles. The molecule has 148 valence electrons. The molecule has 0 aliphatic carbocycles. The van der Waals surface area contributed by atoms with E-state index in [1.807, 2.05) is 49.1 Å². The second-order valence-electron chi connectivity index (χ2n) is 7.38. The molecule has 0 radical (unpaired) electrons. The van der Waals surface area contributed by atoms with Crippen LogP contribution in [0.15, 0.2) is 48.8 Å². The van der Waals surface area contributed by atoms with Crippen molar-refractivity contribution in [2.24, 2.45) is 0 Å². The molecular weight excluding hydrogens is 364 g/mol. The van der Waals surface area contributed by atoms with E-state index in [0.717, 1.165) is 36.5 Å². The summed E-state index contributed by atoms with van der Waals surface area (Å²) in [6, 6.07) is 11.5. The largest absolute Gasteiger partial charge is 0.338 e. The zero-order valence-electron chi connectivity index (χ0n) is 16.7. The molecule has 7 nitrogen and oxygen atoms in total. The molecule has 1 saturated heterocycles. The number of rotatable bonds is 4. The number of amides is 1. The molecule has 0 spiro atoms. The van der Waals surface area contributed by atoms with Gasteiger partial charge in [0.1, 0.15) is 5.82 Å². The fourth-order valence-electron chi connectivity index (χ4n) is 3.72. The van der Waals surface area contributed by atoms with Gasteiger partial charge in [-0.15, -0.1) is 0 Å². The molecule has 1 N–H and O–H groups in total. The molecule has 3 aromatic heterocycles. The number of anilines is 2. The van der Waals surface area contributed by atoms with E-state index in [-0.39, 0.29) is 11.8 Å². The van der Waals surface area contributed by atoms with Gasteiger partial charge in [0.25, 0.3) is 5.91 Å². The molecule has 29 heavy (non-hydrogen) atoms. The second kappa shape index (κ2) is 8.34. The van der Waals surface area contributed by atoms with Gasteiger partial charge in [-0.3, -0.25) is 9.78 Å². The first-order chi connectivity index (χ1) is 14.1. The number of pyridine rings is 2. The lowest BCUT2D eigenvalue weighted by molar-refractivity contribution is 0.0705. The van der Waals surface area contributed by atoms with Crippen LogP contribution in [-0.2, 0) is 0 Å². The average molecular weight is 388 g/mol. The van der Waals surface area contributed by atoms with Crippen LogP contribution in [-0.4, -0.2) is 43.8 Å². The average Bonchev–Trinajstić information content (AvgIpc) is 2.73. The Kier molecular flexibility index (Phi) is 5.46. The van der Waals surface area contributed by atoms with Crippen molar-refractivity contribution in [3.05, 3.63) is 71.4 Å². The maximum absolute atomic E-state index is 12.8. The first-order valence-corrected chi connectivity index (χ1v) is 9.84. The van der Waals surface area contributed by atoms with Crippen LogP contribution in [0, 0.1) is 13.8 Å². The molecule has 3 aromatic rings. The monoisotopic (exact) mass is 388 g/mol. The smallest absolute Gasteiger partial charge is 0.255 e. The highest BCUT2D eigenvalue weighted by Crippen LogP contribution is 2.27. The van der Waals surface area contributed by atoms with Gasteiger partial charge >= 0.3 is 0 Å². The lowest BCUT2D eigenvalue weighted by Gasteiger charge is -2.32. The third-order valence-corrected chi connectivity index (χ3v) is 5.03. The van der Waals surface area contributed by atoms with E-state index < -0.39 is 0 Å². The van der Waals surface area contributed by atoms with Crippen LogP contribution >= 0.6 is 0 Å². The van der Waals surface area contributed by atoms with E-state index in [1.54, 1.807) is 18.5 Å². The van der Waals surface area contributed by atoms with Gasteiger partial charge in [0.2, 0.25) is 5.95 Å². The van der Waals surface area contributed by atoms with Crippen molar-refractivity contribution in [2.45, 2.75) is 32.6 Å². The summed E-state index contributed by atoms with van der Waals surface area (Å²) in [6.45, 7) is 5.31. The Morgan fingerprint density at radius 3 is 2.69 bits per heavy atom. The Labute approximate surface area is 170 Å². The first kappa shape index (κ1) is 19.0. The van der Waals surface area contributed by atoms with Crippen LogP contribution in [0.5, 0.6) is 0 Å². The van der Waals surface area contributed by atoms with Gasteiger partial charge in [-0.1, -0.05) is 6.07 Å². The molecule has 4 rings (SSSR count). The van der Waals surface area contributed by atoms with Crippen molar-refractivity contribution < 1.29 is 4.79 Å². The maximum Gasteiger partial charge on any atom is 0.255 e. The lowest BCUT2D eigenvalue weighted by atomic mass is 9.94. The van der Waals surface area contributed by atoms with Crippen LogP contribution in [0.1, 0.15) is 46.2 Å². The van der Waals surface area contributed by atoms with Crippen molar-refractivity contribution >= 4 is 17.7 Å².